The predicted octanol–water partition coefficient (Wildman–Crippen LogP) is 6.23. The Morgan fingerprint density at radius 3 is 2.47 bits per heavy atom. The molecule has 0 radical (unpaired) electrons. The lowest BCUT2D eigenvalue weighted by atomic mass is 10.1. The van der Waals surface area contributed by atoms with Crippen LogP contribution in [0, 0.1) is 0 Å². The van der Waals surface area contributed by atoms with Crippen molar-refractivity contribution in [2.75, 3.05) is 44.6 Å². The molecule has 45 heavy (non-hydrogen) atoms. The first-order valence-corrected chi connectivity index (χ1v) is 14.5. The van der Waals surface area contributed by atoms with E-state index in [-0.39, 0.29) is 6.61 Å². The van der Waals surface area contributed by atoms with E-state index in [1.807, 2.05) is 114 Å². The summed E-state index contributed by atoms with van der Waals surface area (Å²) >= 11 is 0. The zero-order valence-corrected chi connectivity index (χ0v) is 25.3. The van der Waals surface area contributed by atoms with Crippen molar-refractivity contribution >= 4 is 23.0 Å². The van der Waals surface area contributed by atoms with Gasteiger partial charge in [-0.1, -0.05) is 36.4 Å². The van der Waals surface area contributed by atoms with Gasteiger partial charge in [-0.2, -0.15) is 0 Å². The molecule has 0 unspecified atom stereocenters. The summed E-state index contributed by atoms with van der Waals surface area (Å²) in [6, 6.07) is 29.4. The number of nitrogens with one attached hydrogen (secondary N) is 1. The largest absolute Gasteiger partial charge is 0.494 e. The minimum absolute atomic E-state index is 0.0592. The second kappa shape index (κ2) is 13.4. The van der Waals surface area contributed by atoms with Crippen LogP contribution in [0.25, 0.3) is 28.3 Å². The number of anilines is 3. The van der Waals surface area contributed by atoms with Crippen LogP contribution >= 0.6 is 0 Å². The molecule has 0 aliphatic heterocycles. The number of fused-ring (bicyclic) bond motifs is 1. The maximum absolute atomic E-state index is 9.32. The van der Waals surface area contributed by atoms with Gasteiger partial charge in [-0.3, -0.25) is 4.40 Å². The predicted molar refractivity (Wildman–Crippen MR) is 176 cm³/mol. The number of methoxy groups -OCH3 is 2. The lowest BCUT2D eigenvalue weighted by Crippen LogP contribution is -2.21. The van der Waals surface area contributed by atoms with Gasteiger partial charge >= 0.3 is 0 Å². The highest BCUT2D eigenvalue weighted by Gasteiger charge is 2.20. The van der Waals surface area contributed by atoms with Crippen LogP contribution < -0.4 is 24.4 Å². The van der Waals surface area contributed by atoms with Crippen LogP contribution in [-0.4, -0.2) is 58.9 Å². The van der Waals surface area contributed by atoms with Gasteiger partial charge in [0.2, 0.25) is 5.95 Å². The Hall–Kier alpha value is -5.61. The molecule has 3 heterocycles. The Morgan fingerprint density at radius 1 is 0.844 bits per heavy atom. The zero-order chi connectivity index (χ0) is 31.2. The third-order valence-corrected chi connectivity index (χ3v) is 7.41. The molecule has 3 aromatic heterocycles. The van der Waals surface area contributed by atoms with Crippen LogP contribution in [0.3, 0.4) is 0 Å². The summed E-state index contributed by atoms with van der Waals surface area (Å²) in [4.78, 5) is 16.3. The first-order valence-electron chi connectivity index (χ1n) is 14.5. The van der Waals surface area contributed by atoms with Crippen molar-refractivity contribution in [3.05, 3.63) is 109 Å². The summed E-state index contributed by atoms with van der Waals surface area (Å²) in [5, 5.41) is 12.6. The van der Waals surface area contributed by atoms with Gasteiger partial charge in [0, 0.05) is 43.3 Å². The van der Waals surface area contributed by atoms with Gasteiger partial charge in [-0.25, -0.2) is 15.0 Å². The minimum atomic E-state index is 0.0592. The van der Waals surface area contributed by atoms with Gasteiger partial charge in [0.25, 0.3) is 0 Å². The van der Waals surface area contributed by atoms with E-state index in [0.717, 1.165) is 33.8 Å². The highest BCUT2D eigenvalue weighted by atomic mass is 16.5. The van der Waals surface area contributed by atoms with Crippen molar-refractivity contribution in [3.63, 3.8) is 0 Å². The number of hydrogen-bond donors (Lipinski definition) is 2. The molecular formula is C35H34N6O4. The van der Waals surface area contributed by atoms with Crippen LogP contribution in [0.2, 0.25) is 0 Å². The summed E-state index contributed by atoms with van der Waals surface area (Å²) in [7, 11) is 5.16. The molecule has 0 saturated carbocycles. The van der Waals surface area contributed by atoms with E-state index in [1.165, 1.54) is 0 Å². The van der Waals surface area contributed by atoms with Crippen LogP contribution in [0.5, 0.6) is 17.2 Å². The van der Waals surface area contributed by atoms with Crippen LogP contribution in [0.15, 0.2) is 103 Å². The van der Waals surface area contributed by atoms with E-state index in [4.69, 9.17) is 24.2 Å². The van der Waals surface area contributed by atoms with Gasteiger partial charge in [0.05, 0.1) is 43.6 Å². The van der Waals surface area contributed by atoms with E-state index in [1.54, 1.807) is 20.4 Å². The number of imidazole rings is 1. The third kappa shape index (κ3) is 6.36. The number of aliphatic hydroxyl groups excluding tert-OH is 1. The number of benzene rings is 3. The average Bonchev–Trinajstić information content (AvgIpc) is 3.48. The van der Waals surface area contributed by atoms with Crippen LogP contribution in [0.1, 0.15) is 5.56 Å². The lowest BCUT2D eigenvalue weighted by molar-refractivity contribution is 0.284. The van der Waals surface area contributed by atoms with Crippen molar-refractivity contribution in [2.24, 2.45) is 0 Å². The molecule has 0 saturated heterocycles. The molecule has 0 fully saturated rings. The Bertz CT molecular complexity index is 1910. The molecular weight excluding hydrogens is 568 g/mol. The van der Waals surface area contributed by atoms with E-state index in [2.05, 4.69) is 10.3 Å². The zero-order valence-electron chi connectivity index (χ0n) is 25.3. The summed E-state index contributed by atoms with van der Waals surface area (Å²) in [5.74, 6) is 2.29. The van der Waals surface area contributed by atoms with Crippen molar-refractivity contribution < 1.29 is 19.3 Å². The molecule has 228 valence electrons. The molecule has 10 heteroatoms. The summed E-state index contributed by atoms with van der Waals surface area (Å²) < 4.78 is 19.5. The molecule has 6 rings (SSSR count). The number of likely N-dealkylation sites (N-methyl/N-ethyl adjacent to an activating group) is 1. The molecule has 0 amide bonds. The second-order valence-electron chi connectivity index (χ2n) is 10.3. The van der Waals surface area contributed by atoms with E-state index in [9.17, 15) is 5.11 Å². The van der Waals surface area contributed by atoms with Gasteiger partial charge in [-0.15, -0.1) is 0 Å². The number of aliphatic hydroxyl groups is 1. The molecule has 3 aromatic carbocycles. The molecule has 10 nitrogen and oxygen atoms in total. The number of rotatable bonds is 12. The fraction of sp³-hybridized carbons (Fsp3) is 0.171. The van der Waals surface area contributed by atoms with Crippen molar-refractivity contribution in [1.29, 1.82) is 0 Å². The second-order valence-corrected chi connectivity index (χ2v) is 10.3. The highest BCUT2D eigenvalue weighted by Crippen LogP contribution is 2.38. The summed E-state index contributed by atoms with van der Waals surface area (Å²) in [6.07, 6.45) is 3.68. The van der Waals surface area contributed by atoms with E-state index >= 15 is 0 Å². The Balaban J connectivity index is 1.34. The smallest absolute Gasteiger partial charge is 0.227 e. The van der Waals surface area contributed by atoms with Crippen molar-refractivity contribution in [1.82, 2.24) is 19.4 Å². The first kappa shape index (κ1) is 29.5. The van der Waals surface area contributed by atoms with Gasteiger partial charge in [0.15, 0.2) is 11.5 Å². The summed E-state index contributed by atoms with van der Waals surface area (Å²) in [5.41, 5.74) is 6.58. The average molecular weight is 603 g/mol. The van der Waals surface area contributed by atoms with Crippen LogP contribution in [0.4, 0.5) is 17.3 Å². The van der Waals surface area contributed by atoms with Crippen molar-refractivity contribution in [3.8, 4) is 39.9 Å². The topological polar surface area (TPSA) is 106 Å². The Morgan fingerprint density at radius 2 is 1.67 bits per heavy atom. The number of nitrogens with zero attached hydrogens (tertiary/aromatic N) is 5. The number of hydrogen-bond acceptors (Lipinski definition) is 9. The standard InChI is InChI=1S/C35H34N6O4/c1-40(19-20-42)26-13-14-27(30(22-26)43-2)37-35-36-17-16-28(38-35)34-33(39-32-11-7-8-18-41(32)34)25-12-15-29(31(21-25)44-3)45-23-24-9-5-4-6-10-24/h4-18,21-22,42H,19-20,23H2,1-3H3,(H,36,37,38). The molecule has 0 aliphatic carbocycles. The maximum Gasteiger partial charge on any atom is 0.227 e. The Kier molecular flexibility index (Phi) is 8.74. The quantitative estimate of drug-likeness (QED) is 0.169. The number of pyridine rings is 1. The molecule has 0 aliphatic rings. The maximum atomic E-state index is 9.32. The van der Waals surface area contributed by atoms with E-state index in [0.29, 0.717) is 47.7 Å². The molecule has 6 aromatic rings. The normalized spacial score (nSPS) is 10.9. The molecule has 0 bridgehead atoms. The fourth-order valence-corrected chi connectivity index (χ4v) is 5.08. The number of ether oxygens (including phenoxy) is 3. The van der Waals surface area contributed by atoms with Gasteiger partial charge < -0.3 is 29.5 Å². The Labute approximate surface area is 261 Å². The van der Waals surface area contributed by atoms with Crippen molar-refractivity contribution in [2.45, 2.75) is 6.61 Å². The van der Waals surface area contributed by atoms with Gasteiger partial charge in [0.1, 0.15) is 18.0 Å². The van der Waals surface area contributed by atoms with E-state index < -0.39 is 0 Å². The monoisotopic (exact) mass is 602 g/mol. The first-order chi connectivity index (χ1) is 22.1. The fourth-order valence-electron chi connectivity index (χ4n) is 5.08. The SMILES string of the molecule is COc1cc(N(C)CCO)ccc1Nc1nccc(-c2c(-c3ccc(OCc4ccccc4)c(OC)c3)nc3ccccn23)n1. The molecule has 2 N–H and O–H groups in total. The van der Waals surface area contributed by atoms with Crippen LogP contribution in [-0.2, 0) is 6.61 Å². The molecule has 0 spiro atoms. The highest BCUT2D eigenvalue weighted by molar-refractivity contribution is 5.82. The summed E-state index contributed by atoms with van der Waals surface area (Å²) in [6.45, 7) is 1.00. The van der Waals surface area contributed by atoms with Gasteiger partial charge in [-0.05, 0) is 54.1 Å². The third-order valence-electron chi connectivity index (χ3n) is 7.41. The number of aromatic nitrogens is 4. The minimum Gasteiger partial charge on any atom is -0.494 e. The molecule has 0 atom stereocenters. The lowest BCUT2D eigenvalue weighted by Gasteiger charge is -2.20.